The van der Waals surface area contributed by atoms with Gasteiger partial charge in [-0.15, -0.1) is 0 Å². The van der Waals surface area contributed by atoms with Gasteiger partial charge in [0.2, 0.25) is 0 Å². The number of aromatic nitrogens is 2. The molecule has 0 radical (unpaired) electrons. The lowest BCUT2D eigenvalue weighted by molar-refractivity contribution is -0.384. The maximum Gasteiger partial charge on any atom is 0.416 e. The van der Waals surface area contributed by atoms with Crippen LogP contribution in [-0.4, -0.2) is 75.4 Å². The highest BCUT2D eigenvalue weighted by Gasteiger charge is 2.29. The fourth-order valence-corrected chi connectivity index (χ4v) is 3.95. The van der Waals surface area contributed by atoms with Crippen LogP contribution in [0.25, 0.3) is 11.3 Å². The lowest BCUT2D eigenvalue weighted by Crippen LogP contribution is -2.50. The molecule has 212 valence electrons. The number of nitrogens with zero attached hydrogens (tertiary/aromatic N) is 6. The molecular weight excluding hydrogens is 504 g/mol. The minimum atomic E-state index is -0.689. The molecule has 39 heavy (non-hydrogen) atoms. The SMILES string of the molecule is CC(C)N(C(=O)OC(C)(C)C)c1cc(-c2cc([N+](=O)[O-])cc(N3CCN(C(=O)OC(C)(C)C)CC3)n2)ccn1. The van der Waals surface area contributed by atoms with Crippen LogP contribution in [0.4, 0.5) is 26.9 Å². The van der Waals surface area contributed by atoms with E-state index >= 15 is 0 Å². The maximum atomic E-state index is 12.9. The molecule has 0 atom stereocenters. The summed E-state index contributed by atoms with van der Waals surface area (Å²) < 4.78 is 11.0. The van der Waals surface area contributed by atoms with Gasteiger partial charge < -0.3 is 19.3 Å². The first-order valence-corrected chi connectivity index (χ1v) is 12.9. The Bertz CT molecular complexity index is 1210. The fourth-order valence-electron chi connectivity index (χ4n) is 3.95. The number of carbonyl (C=O) groups is 2. The smallest absolute Gasteiger partial charge is 0.416 e. The number of ether oxygens (including phenoxy) is 2. The lowest BCUT2D eigenvalue weighted by Gasteiger charge is -2.36. The number of piperazine rings is 1. The van der Waals surface area contributed by atoms with Crippen molar-refractivity contribution in [2.45, 2.75) is 72.6 Å². The van der Waals surface area contributed by atoms with E-state index in [1.807, 2.05) is 39.5 Å². The Kier molecular flexibility index (Phi) is 8.67. The Labute approximate surface area is 229 Å². The number of amides is 2. The highest BCUT2D eigenvalue weighted by molar-refractivity contribution is 5.88. The predicted octanol–water partition coefficient (Wildman–Crippen LogP) is 5.26. The summed E-state index contributed by atoms with van der Waals surface area (Å²) in [4.78, 5) is 50.7. The average molecular weight is 543 g/mol. The van der Waals surface area contributed by atoms with E-state index in [0.717, 1.165) is 0 Å². The monoisotopic (exact) mass is 542 g/mol. The molecule has 2 amide bonds. The highest BCUT2D eigenvalue weighted by atomic mass is 16.6. The number of anilines is 2. The van der Waals surface area contributed by atoms with Crippen molar-refractivity contribution < 1.29 is 24.0 Å². The summed E-state index contributed by atoms with van der Waals surface area (Å²) in [6, 6.07) is 5.92. The largest absolute Gasteiger partial charge is 0.444 e. The molecule has 3 rings (SSSR count). The van der Waals surface area contributed by atoms with Crippen LogP contribution in [0.15, 0.2) is 30.5 Å². The highest BCUT2D eigenvalue weighted by Crippen LogP contribution is 2.30. The summed E-state index contributed by atoms with van der Waals surface area (Å²) in [6.07, 6.45) is 0.598. The van der Waals surface area contributed by atoms with Gasteiger partial charge in [0.1, 0.15) is 22.8 Å². The van der Waals surface area contributed by atoms with Crippen molar-refractivity contribution in [3.05, 3.63) is 40.6 Å². The third kappa shape index (κ3) is 8.01. The van der Waals surface area contributed by atoms with Crippen molar-refractivity contribution in [3.63, 3.8) is 0 Å². The molecule has 0 unspecified atom stereocenters. The van der Waals surface area contributed by atoms with Crippen LogP contribution in [0.3, 0.4) is 0 Å². The van der Waals surface area contributed by atoms with Crippen molar-refractivity contribution in [1.82, 2.24) is 14.9 Å². The molecule has 12 heteroatoms. The Morgan fingerprint density at radius 1 is 1.00 bits per heavy atom. The van der Waals surface area contributed by atoms with Crippen molar-refractivity contribution in [2.75, 3.05) is 36.0 Å². The zero-order valence-electron chi connectivity index (χ0n) is 23.9. The number of hydrogen-bond donors (Lipinski definition) is 0. The topological polar surface area (TPSA) is 131 Å². The quantitative estimate of drug-likeness (QED) is 0.367. The summed E-state index contributed by atoms with van der Waals surface area (Å²) in [7, 11) is 0. The van der Waals surface area contributed by atoms with Gasteiger partial charge in [-0.3, -0.25) is 15.0 Å². The summed E-state index contributed by atoms with van der Waals surface area (Å²) in [5, 5.41) is 11.8. The van der Waals surface area contributed by atoms with E-state index in [2.05, 4.69) is 4.98 Å². The van der Waals surface area contributed by atoms with Crippen LogP contribution in [0.2, 0.25) is 0 Å². The Morgan fingerprint density at radius 2 is 1.62 bits per heavy atom. The molecule has 1 aliphatic rings. The first kappa shape index (κ1) is 29.6. The summed E-state index contributed by atoms with van der Waals surface area (Å²) in [5.41, 5.74) is -0.471. The van der Waals surface area contributed by atoms with E-state index < -0.39 is 22.2 Å². The summed E-state index contributed by atoms with van der Waals surface area (Å²) >= 11 is 0. The molecule has 0 bridgehead atoms. The summed E-state index contributed by atoms with van der Waals surface area (Å²) in [5.74, 6) is 0.770. The molecular formula is C27H38N6O6. The van der Waals surface area contributed by atoms with Gasteiger partial charge in [-0.1, -0.05) is 0 Å². The molecule has 0 saturated carbocycles. The van der Waals surface area contributed by atoms with Crippen LogP contribution in [0.5, 0.6) is 0 Å². The second-order valence-electron chi connectivity index (χ2n) is 11.6. The lowest BCUT2D eigenvalue weighted by atomic mass is 10.1. The second kappa shape index (κ2) is 11.4. The Balaban J connectivity index is 1.90. The van der Waals surface area contributed by atoms with Crippen LogP contribution in [0.1, 0.15) is 55.4 Å². The molecule has 1 aliphatic heterocycles. The number of nitro groups is 1. The van der Waals surface area contributed by atoms with Gasteiger partial charge in [0.05, 0.1) is 16.7 Å². The third-order valence-electron chi connectivity index (χ3n) is 5.66. The molecule has 2 aromatic rings. The number of pyridine rings is 2. The van der Waals surface area contributed by atoms with Gasteiger partial charge in [-0.05, 0) is 67.5 Å². The van der Waals surface area contributed by atoms with E-state index in [4.69, 9.17) is 14.5 Å². The van der Waals surface area contributed by atoms with Gasteiger partial charge >= 0.3 is 12.2 Å². The van der Waals surface area contributed by atoms with Crippen molar-refractivity contribution >= 4 is 29.5 Å². The molecule has 0 aromatic carbocycles. The Hall–Kier alpha value is -3.96. The van der Waals surface area contributed by atoms with E-state index in [1.54, 1.807) is 37.8 Å². The van der Waals surface area contributed by atoms with Crippen molar-refractivity contribution in [1.29, 1.82) is 0 Å². The third-order valence-corrected chi connectivity index (χ3v) is 5.66. The molecule has 1 fully saturated rings. The molecule has 0 spiro atoms. The number of carbonyl (C=O) groups excluding carboxylic acids is 2. The van der Waals surface area contributed by atoms with Gasteiger partial charge in [-0.25, -0.2) is 19.6 Å². The van der Waals surface area contributed by atoms with Gasteiger partial charge in [0.25, 0.3) is 5.69 Å². The van der Waals surface area contributed by atoms with Crippen LogP contribution < -0.4 is 9.80 Å². The maximum absolute atomic E-state index is 12.9. The minimum Gasteiger partial charge on any atom is -0.444 e. The predicted molar refractivity (Wildman–Crippen MR) is 148 cm³/mol. The molecule has 3 heterocycles. The number of hydrogen-bond acceptors (Lipinski definition) is 9. The first-order chi connectivity index (χ1) is 18.0. The normalized spacial score (nSPS) is 14.3. The van der Waals surface area contributed by atoms with Gasteiger partial charge in [-0.2, -0.15) is 0 Å². The molecule has 0 aliphatic carbocycles. The van der Waals surface area contributed by atoms with Crippen molar-refractivity contribution in [3.8, 4) is 11.3 Å². The first-order valence-electron chi connectivity index (χ1n) is 12.9. The van der Waals surface area contributed by atoms with Crippen LogP contribution >= 0.6 is 0 Å². The number of rotatable bonds is 5. The van der Waals surface area contributed by atoms with Gasteiger partial charge in [0.15, 0.2) is 0 Å². The zero-order chi connectivity index (χ0) is 29.1. The van der Waals surface area contributed by atoms with E-state index in [1.165, 1.54) is 23.2 Å². The molecule has 0 N–H and O–H groups in total. The second-order valence-corrected chi connectivity index (χ2v) is 11.6. The van der Waals surface area contributed by atoms with Gasteiger partial charge in [0, 0.05) is 50.0 Å². The Morgan fingerprint density at radius 3 is 2.15 bits per heavy atom. The standard InChI is InChI=1S/C27H38N6O6/c1-18(2)32(25(35)39-27(6,7)8)22-15-19(9-10-28-22)21-16-20(33(36)37)17-23(29-21)30-11-13-31(14-12-30)24(34)38-26(3,4)5/h9-10,15-18H,11-14H2,1-8H3. The van der Waals surface area contributed by atoms with Crippen LogP contribution in [0, 0.1) is 10.1 Å². The average Bonchev–Trinajstić information content (AvgIpc) is 2.81. The van der Waals surface area contributed by atoms with E-state index in [0.29, 0.717) is 49.1 Å². The molecule has 2 aromatic heterocycles. The minimum absolute atomic E-state index is 0.115. The molecule has 12 nitrogen and oxygen atoms in total. The van der Waals surface area contributed by atoms with Crippen LogP contribution in [-0.2, 0) is 9.47 Å². The summed E-state index contributed by atoms with van der Waals surface area (Å²) in [6.45, 7) is 16.2. The van der Waals surface area contributed by atoms with E-state index in [9.17, 15) is 19.7 Å². The fraction of sp³-hybridized carbons (Fsp3) is 0.556. The zero-order valence-corrected chi connectivity index (χ0v) is 23.9. The van der Waals surface area contributed by atoms with E-state index in [-0.39, 0.29) is 17.8 Å². The van der Waals surface area contributed by atoms with Crippen molar-refractivity contribution in [2.24, 2.45) is 0 Å². The molecule has 1 saturated heterocycles.